The van der Waals surface area contributed by atoms with E-state index in [0.717, 1.165) is 17.1 Å². The first kappa shape index (κ1) is 31.9. The molecule has 1 unspecified atom stereocenters. The molecule has 9 aromatic rings. The summed E-state index contributed by atoms with van der Waals surface area (Å²) in [7, 11) is 0. The highest BCUT2D eigenvalue weighted by Gasteiger charge is 2.51. The van der Waals surface area contributed by atoms with Gasteiger partial charge in [0.2, 0.25) is 0 Å². The Balaban J connectivity index is 1.18. The zero-order valence-corrected chi connectivity index (χ0v) is 30.9. The largest absolute Gasteiger partial charge is 0.310 e. The van der Waals surface area contributed by atoms with Gasteiger partial charge in [0.1, 0.15) is 0 Å². The molecule has 1 aliphatic carbocycles. The van der Waals surface area contributed by atoms with Gasteiger partial charge >= 0.3 is 0 Å². The Morgan fingerprint density at radius 1 is 0.364 bits per heavy atom. The molecule has 0 fully saturated rings. The number of fused-ring (bicyclic) bond motifs is 11. The maximum Gasteiger partial charge on any atom is 0.0741 e. The third kappa shape index (κ3) is 4.88. The van der Waals surface area contributed by atoms with E-state index < -0.39 is 5.41 Å². The van der Waals surface area contributed by atoms with Crippen molar-refractivity contribution in [2.45, 2.75) is 15.2 Å². The van der Waals surface area contributed by atoms with Gasteiger partial charge in [-0.2, -0.15) is 0 Å². The molecule has 11 rings (SSSR count). The quantitative estimate of drug-likeness (QED) is 0.174. The van der Waals surface area contributed by atoms with Crippen LogP contribution in [0.5, 0.6) is 0 Å². The zero-order valence-electron chi connectivity index (χ0n) is 30.1. The topological polar surface area (TPSA) is 3.24 Å². The highest BCUT2D eigenvalue weighted by atomic mass is 32.2. The molecular formula is C53H35NS. The fraction of sp³-hybridized carbons (Fsp3) is 0.0189. The molecule has 0 radical (unpaired) electrons. The molecule has 1 spiro atoms. The molecule has 55 heavy (non-hydrogen) atoms. The lowest BCUT2D eigenvalue weighted by molar-refractivity contribution is 0.730. The van der Waals surface area contributed by atoms with Gasteiger partial charge in [0, 0.05) is 26.7 Å². The second-order valence-electron chi connectivity index (χ2n) is 14.4. The van der Waals surface area contributed by atoms with E-state index in [1.807, 2.05) is 11.8 Å². The van der Waals surface area contributed by atoms with Crippen LogP contribution in [0.2, 0.25) is 0 Å². The summed E-state index contributed by atoms with van der Waals surface area (Å²) in [5.74, 6) is 0. The molecule has 9 aromatic carbocycles. The third-order valence-corrected chi connectivity index (χ3v) is 12.7. The van der Waals surface area contributed by atoms with Gasteiger partial charge in [0.05, 0.1) is 11.1 Å². The predicted octanol–water partition coefficient (Wildman–Crippen LogP) is 14.5. The molecular weight excluding hydrogens is 683 g/mol. The van der Waals surface area contributed by atoms with Crippen molar-refractivity contribution < 1.29 is 0 Å². The van der Waals surface area contributed by atoms with Crippen molar-refractivity contribution in [1.29, 1.82) is 0 Å². The van der Waals surface area contributed by atoms with Gasteiger partial charge in [0.15, 0.2) is 0 Å². The average Bonchev–Trinajstić information content (AvgIpc) is 3.54. The Morgan fingerprint density at radius 2 is 0.964 bits per heavy atom. The van der Waals surface area contributed by atoms with Crippen molar-refractivity contribution in [2.75, 3.05) is 4.90 Å². The summed E-state index contributed by atoms with van der Waals surface area (Å²) in [4.78, 5) is 5.08. The number of para-hydroxylation sites is 1. The van der Waals surface area contributed by atoms with Crippen LogP contribution < -0.4 is 4.90 Å². The summed E-state index contributed by atoms with van der Waals surface area (Å²) >= 11 is 1.90. The van der Waals surface area contributed by atoms with Crippen LogP contribution in [0.3, 0.4) is 0 Å². The van der Waals surface area contributed by atoms with E-state index in [-0.39, 0.29) is 0 Å². The lowest BCUT2D eigenvalue weighted by Gasteiger charge is -2.40. The molecule has 1 nitrogen and oxygen atoms in total. The number of benzene rings is 9. The molecule has 0 amide bonds. The first-order chi connectivity index (χ1) is 27.3. The van der Waals surface area contributed by atoms with Crippen molar-refractivity contribution in [3.05, 3.63) is 235 Å². The first-order valence-corrected chi connectivity index (χ1v) is 19.7. The molecule has 1 heterocycles. The van der Waals surface area contributed by atoms with Crippen LogP contribution in [-0.4, -0.2) is 0 Å². The molecule has 2 aliphatic rings. The van der Waals surface area contributed by atoms with Crippen molar-refractivity contribution in [2.24, 2.45) is 0 Å². The lowest BCUT2D eigenvalue weighted by Crippen LogP contribution is -2.32. The Bertz CT molecular complexity index is 2900. The van der Waals surface area contributed by atoms with Crippen LogP contribution in [0.25, 0.3) is 44.2 Å². The zero-order chi connectivity index (χ0) is 36.3. The maximum absolute atomic E-state index is 2.45. The number of anilines is 3. The summed E-state index contributed by atoms with van der Waals surface area (Å²) in [6.45, 7) is 0. The average molecular weight is 718 g/mol. The number of hydrogen-bond donors (Lipinski definition) is 0. The molecule has 0 saturated carbocycles. The van der Waals surface area contributed by atoms with E-state index >= 15 is 0 Å². The molecule has 0 aromatic heterocycles. The van der Waals surface area contributed by atoms with Gasteiger partial charge in [0.25, 0.3) is 0 Å². The molecule has 258 valence electrons. The third-order valence-electron chi connectivity index (χ3n) is 11.5. The molecule has 2 heteroatoms. The van der Waals surface area contributed by atoms with Crippen LogP contribution >= 0.6 is 11.8 Å². The van der Waals surface area contributed by atoms with E-state index in [0.29, 0.717) is 0 Å². The summed E-state index contributed by atoms with van der Waals surface area (Å²) in [5.41, 5.74) is 15.7. The van der Waals surface area contributed by atoms with Gasteiger partial charge in [-0.1, -0.05) is 182 Å². The highest BCUT2D eigenvalue weighted by molar-refractivity contribution is 7.99. The maximum atomic E-state index is 2.45. The fourth-order valence-electron chi connectivity index (χ4n) is 9.20. The van der Waals surface area contributed by atoms with Crippen molar-refractivity contribution in [3.63, 3.8) is 0 Å². The van der Waals surface area contributed by atoms with E-state index in [1.165, 1.54) is 76.2 Å². The predicted molar refractivity (Wildman–Crippen MR) is 231 cm³/mol. The van der Waals surface area contributed by atoms with Gasteiger partial charge in [-0.3, -0.25) is 0 Å². The van der Waals surface area contributed by atoms with E-state index in [1.54, 1.807) is 0 Å². The summed E-state index contributed by atoms with van der Waals surface area (Å²) in [5, 5.41) is 2.58. The standard InChI is InChI=1S/C53H35NS/c1-3-15-36(16-4-1)37-27-30-40(31-28-37)54(49-25-13-10-20-42(49)38-17-5-2-6-18-38)41-32-33-47-45(35-41)44-22-9-11-23-46(44)53(47)48-24-12-14-26-50(48)55-51-34-29-39-19-7-8-21-43(39)52(51)53/h1-35H. The summed E-state index contributed by atoms with van der Waals surface area (Å²) in [6.07, 6.45) is 0. The second kappa shape index (κ2) is 12.8. The second-order valence-corrected chi connectivity index (χ2v) is 15.5. The van der Waals surface area contributed by atoms with Gasteiger partial charge < -0.3 is 4.90 Å². The molecule has 1 atom stereocenters. The summed E-state index contributed by atoms with van der Waals surface area (Å²) in [6, 6.07) is 78.2. The van der Waals surface area contributed by atoms with Crippen LogP contribution in [0.4, 0.5) is 17.1 Å². The van der Waals surface area contributed by atoms with Crippen LogP contribution in [0.15, 0.2) is 222 Å². The monoisotopic (exact) mass is 717 g/mol. The van der Waals surface area contributed by atoms with E-state index in [4.69, 9.17) is 0 Å². The number of nitrogens with zero attached hydrogens (tertiary/aromatic N) is 1. The summed E-state index contributed by atoms with van der Waals surface area (Å²) < 4.78 is 0. The molecule has 1 aliphatic heterocycles. The van der Waals surface area contributed by atoms with Gasteiger partial charge in [-0.05, 0) is 103 Å². The minimum atomic E-state index is -0.466. The molecule has 0 N–H and O–H groups in total. The van der Waals surface area contributed by atoms with Crippen LogP contribution in [0.1, 0.15) is 22.3 Å². The Morgan fingerprint density at radius 3 is 1.78 bits per heavy atom. The smallest absolute Gasteiger partial charge is 0.0741 e. The van der Waals surface area contributed by atoms with E-state index in [9.17, 15) is 0 Å². The Labute approximate surface area is 326 Å². The number of rotatable bonds is 5. The highest BCUT2D eigenvalue weighted by Crippen LogP contribution is 2.64. The molecule has 0 saturated heterocycles. The normalized spacial score (nSPS) is 14.9. The van der Waals surface area contributed by atoms with Crippen molar-refractivity contribution in [1.82, 2.24) is 0 Å². The Kier molecular flexibility index (Phi) is 7.40. The number of hydrogen-bond acceptors (Lipinski definition) is 2. The van der Waals surface area contributed by atoms with Crippen LogP contribution in [-0.2, 0) is 5.41 Å². The van der Waals surface area contributed by atoms with Crippen molar-refractivity contribution in [3.8, 4) is 33.4 Å². The minimum absolute atomic E-state index is 0.466. The first-order valence-electron chi connectivity index (χ1n) is 18.9. The molecule has 0 bridgehead atoms. The van der Waals surface area contributed by atoms with Gasteiger partial charge in [-0.25, -0.2) is 0 Å². The minimum Gasteiger partial charge on any atom is -0.310 e. The lowest BCUT2D eigenvalue weighted by atomic mass is 9.66. The van der Waals surface area contributed by atoms with Crippen molar-refractivity contribution >= 4 is 39.6 Å². The van der Waals surface area contributed by atoms with Crippen LogP contribution in [0, 0.1) is 0 Å². The van der Waals surface area contributed by atoms with Gasteiger partial charge in [-0.15, -0.1) is 0 Å². The Hall–Kier alpha value is -6.61. The SMILES string of the molecule is c1ccc(-c2ccc(N(c3ccc4c(c3)-c3ccccc3C43c4ccccc4Sc4ccc5ccccc5c43)c3ccccc3-c3ccccc3)cc2)cc1. The van der Waals surface area contributed by atoms with E-state index in [2.05, 4.69) is 217 Å². The fourth-order valence-corrected chi connectivity index (χ4v) is 10.4.